The maximum absolute atomic E-state index is 13.5. The normalized spacial score (nSPS) is 10.4. The predicted molar refractivity (Wildman–Crippen MR) is 75.3 cm³/mol. The molecule has 2 aromatic carbocycles. The second-order valence-electron chi connectivity index (χ2n) is 4.03. The Morgan fingerprint density at radius 1 is 1.15 bits per heavy atom. The van der Waals surface area contributed by atoms with Crippen LogP contribution in [0.15, 0.2) is 36.4 Å². The van der Waals surface area contributed by atoms with E-state index in [1.165, 1.54) is 0 Å². The summed E-state index contributed by atoms with van der Waals surface area (Å²) in [6.07, 6.45) is 0. The lowest BCUT2D eigenvalue weighted by molar-refractivity contribution is 0.102. The molecule has 6 heteroatoms. The van der Waals surface area contributed by atoms with E-state index in [1.807, 2.05) is 0 Å². The summed E-state index contributed by atoms with van der Waals surface area (Å²) >= 11 is 11.3. The van der Waals surface area contributed by atoms with E-state index in [0.717, 1.165) is 11.6 Å². The molecule has 0 atom stereocenters. The van der Waals surface area contributed by atoms with E-state index < -0.39 is 17.5 Å². The highest BCUT2D eigenvalue weighted by atomic mass is 35.5. The lowest BCUT2D eigenvalue weighted by Gasteiger charge is -2.09. The van der Waals surface area contributed by atoms with Crippen molar-refractivity contribution in [2.45, 2.75) is 5.88 Å². The van der Waals surface area contributed by atoms with Gasteiger partial charge in [0.2, 0.25) is 0 Å². The molecule has 1 N–H and O–H groups in total. The number of hydrogen-bond donors (Lipinski definition) is 1. The van der Waals surface area contributed by atoms with Crippen LogP contribution in [0.5, 0.6) is 0 Å². The fourth-order valence-corrected chi connectivity index (χ4v) is 2.01. The summed E-state index contributed by atoms with van der Waals surface area (Å²) < 4.78 is 26.5. The molecule has 104 valence electrons. The van der Waals surface area contributed by atoms with Crippen molar-refractivity contribution in [3.63, 3.8) is 0 Å². The number of hydrogen-bond acceptors (Lipinski definition) is 1. The Hall–Kier alpha value is -1.65. The fraction of sp³-hybridized carbons (Fsp3) is 0.0714. The summed E-state index contributed by atoms with van der Waals surface area (Å²) in [5.41, 5.74) is 0.923. The molecule has 0 saturated heterocycles. The largest absolute Gasteiger partial charge is 0.318 e. The van der Waals surface area contributed by atoms with Gasteiger partial charge in [-0.05, 0) is 23.8 Å². The minimum atomic E-state index is -0.930. The molecule has 2 aromatic rings. The van der Waals surface area contributed by atoms with Crippen molar-refractivity contribution in [2.24, 2.45) is 0 Å². The van der Waals surface area contributed by atoms with Gasteiger partial charge in [-0.1, -0.05) is 23.7 Å². The van der Waals surface area contributed by atoms with E-state index >= 15 is 0 Å². The van der Waals surface area contributed by atoms with Crippen molar-refractivity contribution in [3.05, 3.63) is 64.2 Å². The Labute approximate surface area is 124 Å². The molecule has 0 bridgehead atoms. The number of benzene rings is 2. The number of anilines is 1. The van der Waals surface area contributed by atoms with Gasteiger partial charge in [-0.15, -0.1) is 11.6 Å². The first kappa shape index (κ1) is 14.8. The van der Waals surface area contributed by atoms with Gasteiger partial charge in [0.25, 0.3) is 5.91 Å². The third-order valence-corrected chi connectivity index (χ3v) is 3.22. The average Bonchev–Trinajstić information content (AvgIpc) is 2.42. The van der Waals surface area contributed by atoms with Gasteiger partial charge in [-0.3, -0.25) is 4.79 Å². The first-order chi connectivity index (χ1) is 9.51. The lowest BCUT2D eigenvalue weighted by atomic mass is 10.1. The molecule has 0 saturated carbocycles. The Morgan fingerprint density at radius 3 is 2.35 bits per heavy atom. The van der Waals surface area contributed by atoms with Gasteiger partial charge in [-0.2, -0.15) is 0 Å². The van der Waals surface area contributed by atoms with Gasteiger partial charge in [0, 0.05) is 17.5 Å². The highest BCUT2D eigenvalue weighted by Gasteiger charge is 2.14. The molecule has 2 nitrogen and oxygen atoms in total. The summed E-state index contributed by atoms with van der Waals surface area (Å²) in [6.45, 7) is 0. The fourth-order valence-electron chi connectivity index (χ4n) is 1.59. The first-order valence-corrected chi connectivity index (χ1v) is 6.53. The van der Waals surface area contributed by atoms with Crippen LogP contribution in [0.3, 0.4) is 0 Å². The van der Waals surface area contributed by atoms with Gasteiger partial charge in [-0.25, -0.2) is 8.78 Å². The van der Waals surface area contributed by atoms with E-state index in [0.29, 0.717) is 17.5 Å². The zero-order valence-corrected chi connectivity index (χ0v) is 11.6. The minimum Gasteiger partial charge on any atom is -0.318 e. The van der Waals surface area contributed by atoms with Gasteiger partial charge < -0.3 is 5.32 Å². The Morgan fingerprint density at radius 2 is 1.80 bits per heavy atom. The SMILES string of the molecule is O=C(Nc1c(F)cc(F)cc1Cl)c1ccc(CCl)cc1. The Kier molecular flexibility index (Phi) is 4.57. The standard InChI is InChI=1S/C14H9Cl2F2NO/c15-7-8-1-3-9(4-2-8)14(20)19-13-11(16)5-10(17)6-12(13)18/h1-6H,7H2,(H,19,20). The van der Waals surface area contributed by atoms with E-state index in [9.17, 15) is 13.6 Å². The highest BCUT2D eigenvalue weighted by molar-refractivity contribution is 6.34. The zero-order chi connectivity index (χ0) is 14.7. The molecular formula is C14H9Cl2F2NO. The van der Waals surface area contributed by atoms with Gasteiger partial charge in [0.15, 0.2) is 5.82 Å². The van der Waals surface area contributed by atoms with Crippen molar-refractivity contribution in [1.82, 2.24) is 0 Å². The summed E-state index contributed by atoms with van der Waals surface area (Å²) in [5.74, 6) is -1.95. The highest BCUT2D eigenvalue weighted by Crippen LogP contribution is 2.26. The van der Waals surface area contributed by atoms with E-state index in [2.05, 4.69) is 5.32 Å². The average molecular weight is 316 g/mol. The van der Waals surface area contributed by atoms with Crippen LogP contribution in [0.4, 0.5) is 14.5 Å². The quantitative estimate of drug-likeness (QED) is 0.823. The molecule has 0 aliphatic heterocycles. The molecule has 20 heavy (non-hydrogen) atoms. The molecule has 0 radical (unpaired) electrons. The Bertz CT molecular complexity index is 621. The topological polar surface area (TPSA) is 29.1 Å². The maximum atomic E-state index is 13.5. The first-order valence-electron chi connectivity index (χ1n) is 5.62. The Balaban J connectivity index is 2.23. The number of halogens is 4. The number of carbonyl (C=O) groups is 1. The number of amides is 1. The molecule has 0 heterocycles. The van der Waals surface area contributed by atoms with Crippen molar-refractivity contribution < 1.29 is 13.6 Å². The van der Waals surface area contributed by atoms with Crippen LogP contribution in [0.1, 0.15) is 15.9 Å². The number of alkyl halides is 1. The van der Waals surface area contributed by atoms with E-state index in [1.54, 1.807) is 24.3 Å². The second kappa shape index (κ2) is 6.20. The zero-order valence-electron chi connectivity index (χ0n) is 10.1. The van der Waals surface area contributed by atoms with Crippen LogP contribution >= 0.6 is 23.2 Å². The monoisotopic (exact) mass is 315 g/mol. The molecule has 0 unspecified atom stereocenters. The van der Waals surface area contributed by atoms with Gasteiger partial charge in [0.1, 0.15) is 5.82 Å². The number of nitrogens with one attached hydrogen (secondary N) is 1. The maximum Gasteiger partial charge on any atom is 0.255 e. The summed E-state index contributed by atoms with van der Waals surface area (Å²) in [4.78, 5) is 11.9. The molecule has 0 aliphatic carbocycles. The molecule has 0 spiro atoms. The summed E-state index contributed by atoms with van der Waals surface area (Å²) in [5, 5.41) is 2.11. The molecule has 0 fully saturated rings. The molecule has 0 aromatic heterocycles. The lowest BCUT2D eigenvalue weighted by Crippen LogP contribution is -2.13. The summed E-state index contributed by atoms with van der Waals surface area (Å²) in [7, 11) is 0. The van der Waals surface area contributed by atoms with Gasteiger partial charge >= 0.3 is 0 Å². The van der Waals surface area contributed by atoms with Crippen molar-refractivity contribution in [3.8, 4) is 0 Å². The van der Waals surface area contributed by atoms with Crippen LogP contribution < -0.4 is 5.32 Å². The van der Waals surface area contributed by atoms with Crippen molar-refractivity contribution >= 4 is 34.8 Å². The second-order valence-corrected chi connectivity index (χ2v) is 4.70. The molecule has 2 rings (SSSR count). The van der Waals surface area contributed by atoms with Crippen molar-refractivity contribution in [1.29, 1.82) is 0 Å². The van der Waals surface area contributed by atoms with Gasteiger partial charge in [0.05, 0.1) is 10.7 Å². The number of carbonyl (C=O) groups excluding carboxylic acids is 1. The van der Waals surface area contributed by atoms with Crippen LogP contribution in [-0.2, 0) is 5.88 Å². The van der Waals surface area contributed by atoms with Crippen LogP contribution in [-0.4, -0.2) is 5.91 Å². The third-order valence-electron chi connectivity index (χ3n) is 2.62. The van der Waals surface area contributed by atoms with Crippen LogP contribution in [0.2, 0.25) is 5.02 Å². The van der Waals surface area contributed by atoms with Crippen molar-refractivity contribution in [2.75, 3.05) is 5.32 Å². The van der Waals surface area contributed by atoms with Crippen LogP contribution in [0.25, 0.3) is 0 Å². The molecule has 0 aliphatic rings. The molecular weight excluding hydrogens is 307 g/mol. The smallest absolute Gasteiger partial charge is 0.255 e. The van der Waals surface area contributed by atoms with E-state index in [-0.39, 0.29) is 10.7 Å². The number of rotatable bonds is 3. The molecule has 1 amide bonds. The van der Waals surface area contributed by atoms with E-state index in [4.69, 9.17) is 23.2 Å². The third kappa shape index (κ3) is 3.26. The van der Waals surface area contributed by atoms with Crippen LogP contribution in [0, 0.1) is 11.6 Å². The predicted octanol–water partition coefficient (Wildman–Crippen LogP) is 4.61. The minimum absolute atomic E-state index is 0.201. The summed E-state index contributed by atoms with van der Waals surface area (Å²) in [6, 6.07) is 8.06.